The quantitative estimate of drug-likeness (QED) is 0.0741. The van der Waals surface area contributed by atoms with Crippen molar-refractivity contribution in [1.82, 2.24) is 5.01 Å². The van der Waals surface area contributed by atoms with Crippen molar-refractivity contribution in [3.8, 4) is 23.0 Å². The van der Waals surface area contributed by atoms with Crippen LogP contribution in [0.15, 0.2) is 65.5 Å². The summed E-state index contributed by atoms with van der Waals surface area (Å²) in [4.78, 5) is 43.4. The smallest absolute Gasteiger partial charge is 0.312 e. The van der Waals surface area contributed by atoms with Gasteiger partial charge in [-0.3, -0.25) is 19.4 Å². The molecule has 1 fully saturated rings. The summed E-state index contributed by atoms with van der Waals surface area (Å²) in [5, 5.41) is 68.0. The van der Waals surface area contributed by atoms with Crippen LogP contribution in [-0.2, 0) is 30.2 Å². The molecule has 0 spiro atoms. The van der Waals surface area contributed by atoms with Gasteiger partial charge in [0.15, 0.2) is 5.75 Å². The number of aromatic hydroxyl groups is 3. The third-order valence-electron chi connectivity index (χ3n) is 13.9. The van der Waals surface area contributed by atoms with E-state index >= 15 is 0 Å². The molecule has 0 aromatic heterocycles. The lowest BCUT2D eigenvalue weighted by Crippen LogP contribution is -2.53. The van der Waals surface area contributed by atoms with Crippen LogP contribution in [0.1, 0.15) is 81.9 Å². The Morgan fingerprint density at radius 2 is 1.68 bits per heavy atom. The van der Waals surface area contributed by atoms with Gasteiger partial charge in [-0.1, -0.05) is 64.1 Å². The minimum absolute atomic E-state index is 0.0555. The Labute approximate surface area is 384 Å². The number of benzene rings is 3. The van der Waals surface area contributed by atoms with E-state index in [1.54, 1.807) is 39.8 Å². The van der Waals surface area contributed by atoms with Gasteiger partial charge >= 0.3 is 11.8 Å². The molecule has 5 bridgehead atoms. The number of nitrogens with zero attached hydrogens (tertiary/aromatic N) is 3. The van der Waals surface area contributed by atoms with Crippen LogP contribution < -0.4 is 15.0 Å². The zero-order chi connectivity index (χ0) is 47.9. The molecule has 354 valence electrons. The van der Waals surface area contributed by atoms with E-state index in [1.165, 1.54) is 70.7 Å². The van der Waals surface area contributed by atoms with E-state index in [1.807, 2.05) is 17.1 Å². The fraction of sp³-hybridized carbons (Fsp3) is 0.480. The summed E-state index contributed by atoms with van der Waals surface area (Å²) in [5.74, 6) is -8.39. The fourth-order valence-corrected chi connectivity index (χ4v) is 9.84. The van der Waals surface area contributed by atoms with E-state index in [2.05, 4.69) is 22.3 Å². The summed E-state index contributed by atoms with van der Waals surface area (Å²) in [6, 6.07) is 8.50. The van der Waals surface area contributed by atoms with Gasteiger partial charge in [-0.2, -0.15) is 5.10 Å². The van der Waals surface area contributed by atoms with E-state index in [-0.39, 0.29) is 50.5 Å². The number of phenols is 3. The number of methoxy groups -OCH3 is 1. The fourth-order valence-electron chi connectivity index (χ4n) is 9.84. The highest BCUT2D eigenvalue weighted by Crippen LogP contribution is 2.55. The number of ketones is 1. The van der Waals surface area contributed by atoms with Crippen LogP contribution in [0, 0.1) is 30.6 Å². The zero-order valence-corrected chi connectivity index (χ0v) is 38.9. The molecule has 5 heterocycles. The number of aliphatic hydroxyl groups excluding tert-OH is 2. The van der Waals surface area contributed by atoms with Crippen molar-refractivity contribution in [3.63, 3.8) is 0 Å². The molecule has 10 atom stereocenters. The number of piperazine rings is 1. The Balaban J connectivity index is 1.34. The highest BCUT2D eigenvalue weighted by molar-refractivity contribution is 6.23. The van der Waals surface area contributed by atoms with Crippen LogP contribution in [0.5, 0.6) is 23.0 Å². The van der Waals surface area contributed by atoms with Crippen LogP contribution in [0.3, 0.4) is 0 Å². The maximum Gasteiger partial charge on any atom is 0.312 e. The predicted octanol–water partition coefficient (Wildman–Crippen LogP) is 6.23. The summed E-state index contributed by atoms with van der Waals surface area (Å²) in [6.07, 6.45) is 6.75. The molecule has 1 saturated heterocycles. The number of aliphatic hydroxyl groups is 2. The van der Waals surface area contributed by atoms with Crippen molar-refractivity contribution in [3.05, 3.63) is 82.7 Å². The number of allylic oxidation sites excluding steroid dienone is 2. The van der Waals surface area contributed by atoms with Gasteiger partial charge in [0.05, 0.1) is 66.1 Å². The van der Waals surface area contributed by atoms with Gasteiger partial charge in [-0.25, -0.2) is 0 Å². The van der Waals surface area contributed by atoms with Gasteiger partial charge in [-0.05, 0) is 44.4 Å². The molecule has 0 aliphatic carbocycles. The Morgan fingerprint density at radius 1 is 0.955 bits per heavy atom. The van der Waals surface area contributed by atoms with Crippen molar-refractivity contribution in [1.29, 1.82) is 0 Å². The number of para-hydroxylation sites is 1. The molecule has 0 saturated carbocycles. The van der Waals surface area contributed by atoms with Crippen LogP contribution in [0.2, 0.25) is 0 Å². The third kappa shape index (κ3) is 8.81. The number of ether oxygens (including phenoxy) is 4. The number of anilines is 2. The molecular weight excluding hydrogens is 849 g/mol. The van der Waals surface area contributed by atoms with Crippen molar-refractivity contribution in [2.24, 2.45) is 28.8 Å². The normalized spacial score (nSPS) is 31.4. The lowest BCUT2D eigenvalue weighted by Gasteiger charge is -2.45. The summed E-state index contributed by atoms with van der Waals surface area (Å²) in [7, 11) is 1.44. The number of carbonyl (C=O) groups excluding carboxylic acids is 3. The number of hydrogen-bond donors (Lipinski definition) is 6. The lowest BCUT2D eigenvalue weighted by atomic mass is 9.78. The highest BCUT2D eigenvalue weighted by Gasteiger charge is 2.50. The minimum atomic E-state index is -2.06. The Morgan fingerprint density at radius 3 is 2.39 bits per heavy atom. The molecular formula is C50H62N4O12. The number of rotatable bonds is 4. The van der Waals surface area contributed by atoms with Crippen molar-refractivity contribution < 1.29 is 58.9 Å². The number of hydrazone groups is 1. The molecule has 16 nitrogen and oxygen atoms in total. The average Bonchev–Trinajstić information content (AvgIpc) is 3.56. The Hall–Kier alpha value is -6.10. The molecule has 16 heteroatoms. The third-order valence-corrected chi connectivity index (χ3v) is 13.9. The first-order valence-corrected chi connectivity index (χ1v) is 22.5. The van der Waals surface area contributed by atoms with E-state index in [4.69, 9.17) is 24.0 Å². The monoisotopic (exact) mass is 910 g/mol. The minimum Gasteiger partial charge on any atom is -0.507 e. The number of carbonyl (C=O) groups is 3. The predicted molar refractivity (Wildman–Crippen MR) is 249 cm³/mol. The largest absolute Gasteiger partial charge is 0.507 e. The maximum atomic E-state index is 14.6. The molecule has 6 N–H and O–H groups in total. The first-order valence-electron chi connectivity index (χ1n) is 22.5. The first kappa shape index (κ1) is 47.9. The number of nitrogens with one attached hydrogen (secondary N) is 1. The molecule has 1 unspecified atom stereocenters. The van der Waals surface area contributed by atoms with Gasteiger partial charge < -0.3 is 54.7 Å². The molecule has 0 radical (unpaired) electrons. The van der Waals surface area contributed by atoms with E-state index in [0.29, 0.717) is 19.6 Å². The number of Topliss-reactive ketones (excluding diaryl/α,β-unsaturated/α-hetero) is 1. The number of aryl methyl sites for hydroxylation is 1. The second-order valence-corrected chi connectivity index (χ2v) is 18.3. The van der Waals surface area contributed by atoms with Gasteiger partial charge in [0, 0.05) is 79.4 Å². The van der Waals surface area contributed by atoms with E-state index in [9.17, 15) is 39.9 Å². The van der Waals surface area contributed by atoms with E-state index in [0.717, 1.165) is 12.8 Å². The molecule has 1 amide bonds. The lowest BCUT2D eigenvalue weighted by molar-refractivity contribution is -0.160. The maximum absolute atomic E-state index is 14.6. The van der Waals surface area contributed by atoms with E-state index < -0.39 is 88.8 Å². The zero-order valence-electron chi connectivity index (χ0n) is 38.9. The summed E-state index contributed by atoms with van der Waals surface area (Å²) < 4.78 is 23.8. The molecule has 5 aliphatic rings. The van der Waals surface area contributed by atoms with Crippen molar-refractivity contribution in [2.75, 3.05) is 37.0 Å². The van der Waals surface area contributed by atoms with Crippen molar-refractivity contribution >= 4 is 46.0 Å². The summed E-state index contributed by atoms with van der Waals surface area (Å²) >= 11 is 0. The standard InChI is InChI=1S/C50H62N4O12/c1-25-13-12-14-26(2)49(62)52-40-34(23-51-53-20-21-54-33(24-53)18-17-32-15-10-11-16-35(32)54)44(59)37-38(45(40)60)43(58)30(6)47-39(37)48(61)50(8,66-47)64-22-19-36(63-9)27(3)46(65-31(7)55)29(5)42(57)28(4)41(25)56/h10-16,19,22-23,25,27-29,33,36,41-42,46,56-60H,17-18,20-21,24H2,1-9H3,(H,52,62)/b13-12-,22-19-,26-14+,51-23+/t25-,27-,28+,29+,33?,36-,41-,42+,46-,50-/m0/s1. The first-order chi connectivity index (χ1) is 31.3. The van der Waals surface area contributed by atoms with Crippen LogP contribution in [0.25, 0.3) is 10.8 Å². The molecule has 8 rings (SSSR count). The summed E-state index contributed by atoms with van der Waals surface area (Å²) in [6.45, 7) is 14.4. The van der Waals surface area contributed by atoms with Gasteiger partial charge in [0.25, 0.3) is 11.7 Å². The second-order valence-electron chi connectivity index (χ2n) is 18.3. The van der Waals surface area contributed by atoms with Crippen LogP contribution in [0.4, 0.5) is 11.4 Å². The van der Waals surface area contributed by atoms with Gasteiger partial charge in [-0.15, -0.1) is 0 Å². The van der Waals surface area contributed by atoms with Gasteiger partial charge in [0.1, 0.15) is 23.4 Å². The molecule has 66 heavy (non-hydrogen) atoms. The number of fused-ring (bicyclic) bond motifs is 17. The second kappa shape index (κ2) is 19.0. The topological polar surface area (TPSA) is 220 Å². The SMILES string of the molecule is CO[C@H]1/C=C\O[C@@]2(C)Oc3c(C)c(O)c4c(O)c(c(/C=N/N5CCN6c7ccccc7CCC6C5)c(O)c4c3C2=O)NC(=O)/C(C)=C/C=C\[C@H](C)[C@H](O)[C@@H](C)[C@@H](O)[C@@H](C)[C@@H](OC(C)=O)[C@H]1C. The molecule has 3 aromatic carbocycles. The summed E-state index contributed by atoms with van der Waals surface area (Å²) in [5.41, 5.74) is 2.15. The Bertz CT molecular complexity index is 2520. The van der Waals surface area contributed by atoms with Gasteiger partial charge in [0.2, 0.25) is 0 Å². The van der Waals surface area contributed by atoms with Crippen molar-refractivity contribution in [2.45, 2.75) is 104 Å². The number of hydrogen-bond acceptors (Lipinski definition) is 15. The molecule has 5 aliphatic heterocycles. The highest BCUT2D eigenvalue weighted by atomic mass is 16.7. The van der Waals surface area contributed by atoms with Crippen LogP contribution >= 0.6 is 0 Å². The number of phenolic OH excluding ortho intramolecular Hbond substituents is 3. The Kier molecular flexibility index (Phi) is 13.8. The average molecular weight is 911 g/mol. The number of esters is 1. The van der Waals surface area contributed by atoms with Crippen LogP contribution in [-0.4, -0.2) is 117 Å². The number of amides is 1. The molecule has 3 aromatic rings.